The number of rotatable bonds is 2. The molecule has 0 unspecified atom stereocenters. The highest BCUT2D eigenvalue weighted by atomic mass is 32.2. The van der Waals surface area contributed by atoms with Crippen molar-refractivity contribution >= 4 is 10.0 Å². The fourth-order valence-electron chi connectivity index (χ4n) is 3.04. The number of hydrogen-bond donors (Lipinski definition) is 0. The van der Waals surface area contributed by atoms with Crippen molar-refractivity contribution < 1.29 is 8.42 Å². The highest BCUT2D eigenvalue weighted by Crippen LogP contribution is 2.38. The van der Waals surface area contributed by atoms with E-state index in [9.17, 15) is 8.42 Å². The first-order valence-corrected chi connectivity index (χ1v) is 8.38. The van der Waals surface area contributed by atoms with Gasteiger partial charge in [-0.2, -0.15) is 9.40 Å². The lowest BCUT2D eigenvalue weighted by Gasteiger charge is -2.42. The van der Waals surface area contributed by atoms with Gasteiger partial charge in [0.1, 0.15) is 0 Å². The zero-order chi connectivity index (χ0) is 15.3. The second-order valence-electron chi connectivity index (χ2n) is 5.87. The van der Waals surface area contributed by atoms with Gasteiger partial charge in [0.2, 0.25) is 0 Å². The van der Waals surface area contributed by atoms with Gasteiger partial charge in [0.25, 0.3) is 10.0 Å². The lowest BCUT2D eigenvalue weighted by atomic mass is 9.85. The minimum atomic E-state index is -3.59. The van der Waals surface area contributed by atoms with Crippen LogP contribution in [-0.4, -0.2) is 29.0 Å². The molecule has 3 rings (SSSR count). The maximum atomic E-state index is 12.9. The standard InChI is InChI=1S/C15H19N3O2S/c1-15(2)13-7-5-4-6-12(13)8-11-18(15)21(19,20)14-9-10-17(3)16-14/h4-7,9-10H,8,11H2,1-3H3. The molecule has 0 atom stereocenters. The third kappa shape index (κ3) is 2.18. The van der Waals surface area contributed by atoms with E-state index in [4.69, 9.17) is 0 Å². The topological polar surface area (TPSA) is 55.2 Å². The summed E-state index contributed by atoms with van der Waals surface area (Å²) in [5, 5.41) is 4.17. The minimum Gasteiger partial charge on any atom is -0.274 e. The lowest BCUT2D eigenvalue weighted by molar-refractivity contribution is 0.214. The Bertz CT molecular complexity index is 778. The van der Waals surface area contributed by atoms with Crippen LogP contribution in [0.2, 0.25) is 0 Å². The van der Waals surface area contributed by atoms with Gasteiger partial charge >= 0.3 is 0 Å². The van der Waals surface area contributed by atoms with Crippen molar-refractivity contribution in [3.05, 3.63) is 47.7 Å². The van der Waals surface area contributed by atoms with E-state index in [2.05, 4.69) is 11.2 Å². The number of hydrogen-bond acceptors (Lipinski definition) is 3. The number of aryl methyl sites for hydroxylation is 1. The van der Waals surface area contributed by atoms with Crippen molar-refractivity contribution in [1.82, 2.24) is 14.1 Å². The van der Waals surface area contributed by atoms with Crippen molar-refractivity contribution in [1.29, 1.82) is 0 Å². The van der Waals surface area contributed by atoms with Crippen LogP contribution in [0.3, 0.4) is 0 Å². The number of benzene rings is 1. The van der Waals surface area contributed by atoms with Gasteiger partial charge in [-0.05, 0) is 37.5 Å². The summed E-state index contributed by atoms with van der Waals surface area (Å²) in [6, 6.07) is 9.58. The Morgan fingerprint density at radius 1 is 1.19 bits per heavy atom. The molecule has 0 N–H and O–H groups in total. The van der Waals surface area contributed by atoms with Gasteiger partial charge in [-0.25, -0.2) is 8.42 Å². The first-order valence-electron chi connectivity index (χ1n) is 6.94. The SMILES string of the molecule is Cn1ccc(S(=O)(=O)N2CCc3ccccc3C2(C)C)n1. The highest BCUT2D eigenvalue weighted by Gasteiger charge is 2.42. The van der Waals surface area contributed by atoms with E-state index in [1.807, 2.05) is 32.0 Å². The monoisotopic (exact) mass is 305 g/mol. The predicted molar refractivity (Wildman–Crippen MR) is 80.3 cm³/mol. The van der Waals surface area contributed by atoms with Gasteiger partial charge in [-0.1, -0.05) is 24.3 Å². The van der Waals surface area contributed by atoms with Crippen LogP contribution in [0.25, 0.3) is 0 Å². The fraction of sp³-hybridized carbons (Fsp3) is 0.400. The molecule has 1 aliphatic heterocycles. The molecule has 21 heavy (non-hydrogen) atoms. The molecule has 1 aromatic heterocycles. The molecule has 0 fully saturated rings. The predicted octanol–water partition coefficient (Wildman–Crippen LogP) is 1.90. The zero-order valence-corrected chi connectivity index (χ0v) is 13.3. The second kappa shape index (κ2) is 4.68. The average Bonchev–Trinajstić information content (AvgIpc) is 2.86. The first-order chi connectivity index (χ1) is 9.83. The van der Waals surface area contributed by atoms with Crippen LogP contribution in [0.4, 0.5) is 0 Å². The smallest absolute Gasteiger partial charge is 0.263 e. The first kappa shape index (κ1) is 14.3. The van der Waals surface area contributed by atoms with Crippen LogP contribution in [0, 0.1) is 0 Å². The third-order valence-corrected chi connectivity index (χ3v) is 6.09. The van der Waals surface area contributed by atoms with E-state index >= 15 is 0 Å². The molecule has 2 heterocycles. The molecule has 0 aliphatic carbocycles. The van der Waals surface area contributed by atoms with Crippen molar-refractivity contribution in [2.75, 3.05) is 6.54 Å². The second-order valence-corrected chi connectivity index (χ2v) is 7.68. The van der Waals surface area contributed by atoms with Gasteiger partial charge in [-0.15, -0.1) is 0 Å². The van der Waals surface area contributed by atoms with E-state index in [1.54, 1.807) is 23.6 Å². The summed E-state index contributed by atoms with van der Waals surface area (Å²) in [4.78, 5) is 0. The Labute approximate surface area is 125 Å². The molecule has 2 aromatic rings. The van der Waals surface area contributed by atoms with E-state index in [1.165, 1.54) is 10.2 Å². The maximum Gasteiger partial charge on any atom is 0.263 e. The summed E-state index contributed by atoms with van der Waals surface area (Å²) in [6.45, 7) is 4.37. The van der Waals surface area contributed by atoms with E-state index in [0.29, 0.717) is 6.54 Å². The number of nitrogens with zero attached hydrogens (tertiary/aromatic N) is 3. The Balaban J connectivity index is 2.09. The van der Waals surface area contributed by atoms with Gasteiger partial charge in [0.15, 0.2) is 5.03 Å². The lowest BCUT2D eigenvalue weighted by Crippen LogP contribution is -2.49. The van der Waals surface area contributed by atoms with Gasteiger partial charge in [-0.3, -0.25) is 4.68 Å². The maximum absolute atomic E-state index is 12.9. The molecule has 0 saturated heterocycles. The van der Waals surface area contributed by atoms with Crippen LogP contribution in [-0.2, 0) is 29.0 Å². The van der Waals surface area contributed by atoms with Crippen LogP contribution in [0.15, 0.2) is 41.6 Å². The Hall–Kier alpha value is -1.66. The summed E-state index contributed by atoms with van der Waals surface area (Å²) in [5.74, 6) is 0. The Morgan fingerprint density at radius 2 is 1.90 bits per heavy atom. The normalized spacial score (nSPS) is 18.4. The summed E-state index contributed by atoms with van der Waals surface area (Å²) >= 11 is 0. The molecule has 0 spiro atoms. The van der Waals surface area contributed by atoms with Gasteiger partial charge in [0, 0.05) is 19.8 Å². The quantitative estimate of drug-likeness (QED) is 0.851. The average molecular weight is 305 g/mol. The number of sulfonamides is 1. The van der Waals surface area contributed by atoms with Crippen LogP contribution < -0.4 is 0 Å². The Kier molecular flexibility index (Phi) is 3.18. The van der Waals surface area contributed by atoms with Gasteiger partial charge < -0.3 is 0 Å². The summed E-state index contributed by atoms with van der Waals surface area (Å²) in [6.07, 6.45) is 2.38. The molecule has 0 radical (unpaired) electrons. The number of fused-ring (bicyclic) bond motifs is 1. The zero-order valence-electron chi connectivity index (χ0n) is 12.4. The molecule has 0 amide bonds. The van der Waals surface area contributed by atoms with Crippen LogP contribution in [0.5, 0.6) is 0 Å². The fourth-order valence-corrected chi connectivity index (χ4v) is 4.76. The molecule has 5 nitrogen and oxygen atoms in total. The summed E-state index contributed by atoms with van der Waals surface area (Å²) in [7, 11) is -1.87. The molecule has 0 bridgehead atoms. The molecule has 6 heteroatoms. The molecular formula is C15H19N3O2S. The highest BCUT2D eigenvalue weighted by molar-refractivity contribution is 7.89. The molecule has 112 valence electrons. The third-order valence-electron chi connectivity index (χ3n) is 4.13. The van der Waals surface area contributed by atoms with Crippen molar-refractivity contribution in [3.8, 4) is 0 Å². The van der Waals surface area contributed by atoms with Crippen molar-refractivity contribution in [2.45, 2.75) is 30.8 Å². The van der Waals surface area contributed by atoms with Crippen molar-refractivity contribution in [3.63, 3.8) is 0 Å². The Morgan fingerprint density at radius 3 is 2.57 bits per heavy atom. The minimum absolute atomic E-state index is 0.109. The largest absolute Gasteiger partial charge is 0.274 e. The van der Waals surface area contributed by atoms with Gasteiger partial charge in [0.05, 0.1) is 5.54 Å². The molecule has 0 saturated carbocycles. The van der Waals surface area contributed by atoms with Crippen molar-refractivity contribution in [2.24, 2.45) is 7.05 Å². The summed E-state index contributed by atoms with van der Waals surface area (Å²) in [5.41, 5.74) is 1.70. The van der Waals surface area contributed by atoms with Crippen LogP contribution >= 0.6 is 0 Å². The van der Waals surface area contributed by atoms with E-state index < -0.39 is 15.6 Å². The van der Waals surface area contributed by atoms with E-state index in [0.717, 1.165) is 12.0 Å². The summed E-state index contributed by atoms with van der Waals surface area (Å²) < 4.78 is 28.8. The molecule has 1 aliphatic rings. The molecule has 1 aromatic carbocycles. The molecular weight excluding hydrogens is 286 g/mol. The van der Waals surface area contributed by atoms with Crippen LogP contribution in [0.1, 0.15) is 25.0 Å². The number of aromatic nitrogens is 2. The van der Waals surface area contributed by atoms with E-state index in [-0.39, 0.29) is 5.03 Å².